The maximum absolute atomic E-state index is 12.1. The lowest BCUT2D eigenvalue weighted by molar-refractivity contribution is -0.384. The Labute approximate surface area is 119 Å². The molecule has 2 aromatic heterocycles. The van der Waals surface area contributed by atoms with Gasteiger partial charge in [0.2, 0.25) is 4.96 Å². The van der Waals surface area contributed by atoms with Gasteiger partial charge in [-0.05, 0) is 11.6 Å². The van der Waals surface area contributed by atoms with Crippen LogP contribution in [-0.2, 0) is 0 Å². The molecule has 3 rings (SSSR count). The molecular weight excluding hydrogens is 296 g/mol. The Morgan fingerprint density at radius 3 is 2.90 bits per heavy atom. The summed E-state index contributed by atoms with van der Waals surface area (Å²) in [5.74, 6) is 0. The maximum Gasteiger partial charge on any atom is 0.292 e. The van der Waals surface area contributed by atoms with Gasteiger partial charge in [-0.1, -0.05) is 23.5 Å². The number of benzene rings is 1. The van der Waals surface area contributed by atoms with E-state index in [1.54, 1.807) is 6.07 Å². The van der Waals surface area contributed by atoms with Crippen molar-refractivity contribution < 1.29 is 4.92 Å². The second-order valence-corrected chi connectivity index (χ2v) is 5.07. The van der Waals surface area contributed by atoms with E-state index in [9.17, 15) is 19.7 Å². The van der Waals surface area contributed by atoms with Gasteiger partial charge in [-0.2, -0.15) is 14.6 Å². The van der Waals surface area contributed by atoms with Crippen LogP contribution in [0.25, 0.3) is 11.0 Å². The standard InChI is InChI=1S/C12H6N4O4S/c17-10-6-13-15-11(18)9(21-12(15)14-10)5-7-2-1-3-8(4-7)16(19)20/h1-6H. The minimum absolute atomic E-state index is 0.0666. The third-order valence-electron chi connectivity index (χ3n) is 2.65. The van der Waals surface area contributed by atoms with Gasteiger partial charge in [0, 0.05) is 12.1 Å². The number of nitrogens with zero attached hydrogens (tertiary/aromatic N) is 4. The maximum atomic E-state index is 12.1. The van der Waals surface area contributed by atoms with Crippen molar-refractivity contribution in [2.75, 3.05) is 0 Å². The number of aromatic nitrogens is 3. The highest BCUT2D eigenvalue weighted by atomic mass is 32.1. The van der Waals surface area contributed by atoms with Crippen molar-refractivity contribution >= 4 is 28.1 Å². The summed E-state index contributed by atoms with van der Waals surface area (Å²) in [6.45, 7) is 0. The molecule has 8 nitrogen and oxygen atoms in total. The summed E-state index contributed by atoms with van der Waals surface area (Å²) < 4.78 is 1.32. The van der Waals surface area contributed by atoms with Crippen molar-refractivity contribution in [3.8, 4) is 0 Å². The van der Waals surface area contributed by atoms with E-state index in [1.165, 1.54) is 24.3 Å². The van der Waals surface area contributed by atoms with Crippen molar-refractivity contribution in [1.82, 2.24) is 14.6 Å². The number of nitro benzene ring substituents is 1. The lowest BCUT2D eigenvalue weighted by Gasteiger charge is -1.92. The van der Waals surface area contributed by atoms with E-state index < -0.39 is 16.0 Å². The van der Waals surface area contributed by atoms with Gasteiger partial charge in [-0.3, -0.25) is 19.7 Å². The first-order valence-corrected chi connectivity index (χ1v) is 6.51. The zero-order valence-corrected chi connectivity index (χ0v) is 11.1. The first-order valence-electron chi connectivity index (χ1n) is 5.70. The number of fused-ring (bicyclic) bond motifs is 1. The Kier molecular flexibility index (Phi) is 3.03. The molecule has 0 aliphatic carbocycles. The van der Waals surface area contributed by atoms with Crippen molar-refractivity contribution in [1.29, 1.82) is 0 Å². The highest BCUT2D eigenvalue weighted by Crippen LogP contribution is 2.13. The van der Waals surface area contributed by atoms with Gasteiger partial charge in [-0.15, -0.1) is 0 Å². The molecule has 2 heterocycles. The van der Waals surface area contributed by atoms with Crippen molar-refractivity contribution in [2.24, 2.45) is 0 Å². The highest BCUT2D eigenvalue weighted by molar-refractivity contribution is 7.15. The molecule has 0 atom stereocenters. The van der Waals surface area contributed by atoms with Gasteiger partial charge in [-0.25, -0.2) is 0 Å². The molecule has 0 aliphatic rings. The van der Waals surface area contributed by atoms with Crippen molar-refractivity contribution in [2.45, 2.75) is 0 Å². The average Bonchev–Trinajstić information content (AvgIpc) is 2.75. The molecule has 9 heteroatoms. The van der Waals surface area contributed by atoms with Crippen LogP contribution in [0.5, 0.6) is 0 Å². The lowest BCUT2D eigenvalue weighted by atomic mass is 10.2. The molecule has 0 spiro atoms. The van der Waals surface area contributed by atoms with Crippen LogP contribution in [0.1, 0.15) is 5.56 Å². The topological polar surface area (TPSA) is 107 Å². The number of nitro groups is 1. The summed E-state index contributed by atoms with van der Waals surface area (Å²) in [5, 5.41) is 14.4. The van der Waals surface area contributed by atoms with Crippen LogP contribution in [0.3, 0.4) is 0 Å². The summed E-state index contributed by atoms with van der Waals surface area (Å²) in [6.07, 6.45) is 2.46. The third-order valence-corrected chi connectivity index (χ3v) is 3.61. The van der Waals surface area contributed by atoms with Crippen molar-refractivity contribution in [3.05, 3.63) is 71.4 Å². The fraction of sp³-hybridized carbons (Fsp3) is 0. The van der Waals surface area contributed by atoms with Crippen LogP contribution in [0.2, 0.25) is 0 Å². The molecule has 0 amide bonds. The van der Waals surface area contributed by atoms with E-state index in [-0.39, 0.29) is 10.6 Å². The predicted octanol–water partition coefficient (Wildman–Crippen LogP) is -0.0329. The number of non-ortho nitro benzene ring substituents is 1. The number of hydrogen-bond donors (Lipinski definition) is 0. The fourth-order valence-electron chi connectivity index (χ4n) is 1.75. The summed E-state index contributed by atoms with van der Waals surface area (Å²) in [6, 6.07) is 5.89. The minimum atomic E-state index is -0.529. The van der Waals surface area contributed by atoms with Crippen LogP contribution in [0.15, 0.2) is 40.1 Å². The quantitative estimate of drug-likeness (QED) is 0.486. The van der Waals surface area contributed by atoms with Crippen LogP contribution in [-0.4, -0.2) is 19.5 Å². The number of hydrogen-bond acceptors (Lipinski definition) is 7. The van der Waals surface area contributed by atoms with E-state index in [4.69, 9.17) is 0 Å². The molecule has 0 fully saturated rings. The predicted molar refractivity (Wildman–Crippen MR) is 75.3 cm³/mol. The van der Waals surface area contributed by atoms with Crippen LogP contribution in [0.4, 0.5) is 5.69 Å². The van der Waals surface area contributed by atoms with Gasteiger partial charge in [0.05, 0.1) is 9.46 Å². The Balaban J connectivity index is 2.22. The second kappa shape index (κ2) is 4.87. The number of rotatable bonds is 2. The monoisotopic (exact) mass is 302 g/mol. The summed E-state index contributed by atoms with van der Waals surface area (Å²) in [7, 11) is 0. The Morgan fingerprint density at radius 1 is 1.33 bits per heavy atom. The van der Waals surface area contributed by atoms with E-state index in [0.717, 1.165) is 22.0 Å². The molecule has 0 unspecified atom stereocenters. The zero-order chi connectivity index (χ0) is 15.0. The first-order chi connectivity index (χ1) is 10.0. The molecule has 0 N–H and O–H groups in total. The van der Waals surface area contributed by atoms with Crippen LogP contribution < -0.4 is 15.7 Å². The fourth-order valence-corrected chi connectivity index (χ4v) is 2.67. The van der Waals surface area contributed by atoms with Gasteiger partial charge in [0.1, 0.15) is 6.20 Å². The smallest absolute Gasteiger partial charge is 0.266 e. The lowest BCUT2D eigenvalue weighted by Crippen LogP contribution is -2.25. The van der Waals surface area contributed by atoms with Gasteiger partial charge in [0.15, 0.2) is 0 Å². The minimum Gasteiger partial charge on any atom is -0.266 e. The molecule has 0 radical (unpaired) electrons. The highest BCUT2D eigenvalue weighted by Gasteiger charge is 2.07. The third kappa shape index (κ3) is 2.41. The Morgan fingerprint density at radius 2 is 2.14 bits per heavy atom. The normalized spacial score (nSPS) is 11.9. The molecule has 3 aromatic rings. The van der Waals surface area contributed by atoms with Gasteiger partial charge >= 0.3 is 0 Å². The Hall–Kier alpha value is -2.94. The van der Waals surface area contributed by atoms with E-state index in [2.05, 4.69) is 10.1 Å². The van der Waals surface area contributed by atoms with E-state index in [1.807, 2.05) is 0 Å². The largest absolute Gasteiger partial charge is 0.292 e. The van der Waals surface area contributed by atoms with Gasteiger partial charge in [0.25, 0.3) is 16.8 Å². The first kappa shape index (κ1) is 13.1. The molecule has 0 aliphatic heterocycles. The van der Waals surface area contributed by atoms with Crippen molar-refractivity contribution in [3.63, 3.8) is 0 Å². The summed E-state index contributed by atoms with van der Waals surface area (Å²) >= 11 is 0.999. The SMILES string of the molecule is O=c1cnn2c(=O)c(=Cc3cccc([N+](=O)[O-])c3)sc2n1. The second-order valence-electron chi connectivity index (χ2n) is 4.06. The molecule has 1 aromatic carbocycles. The molecule has 21 heavy (non-hydrogen) atoms. The molecule has 0 saturated heterocycles. The Bertz CT molecular complexity index is 1020. The van der Waals surface area contributed by atoms with E-state index in [0.29, 0.717) is 10.1 Å². The molecule has 104 valence electrons. The average molecular weight is 302 g/mol. The molecular formula is C12H6N4O4S. The zero-order valence-electron chi connectivity index (χ0n) is 10.3. The number of thiazole rings is 1. The van der Waals surface area contributed by atoms with Gasteiger partial charge < -0.3 is 0 Å². The van der Waals surface area contributed by atoms with E-state index >= 15 is 0 Å². The van der Waals surface area contributed by atoms with Crippen LogP contribution in [0, 0.1) is 10.1 Å². The molecule has 0 bridgehead atoms. The van der Waals surface area contributed by atoms with Crippen LogP contribution >= 0.6 is 11.3 Å². The summed E-state index contributed by atoms with van der Waals surface area (Å²) in [4.78, 5) is 37.3. The molecule has 0 saturated carbocycles. The summed E-state index contributed by atoms with van der Waals surface area (Å²) in [5.41, 5.74) is -0.508.